The molecule has 0 spiro atoms. The molecule has 0 saturated carbocycles. The molecule has 5 heteroatoms. The molecule has 0 radical (unpaired) electrons. The molecule has 1 aliphatic heterocycles. The number of benzene rings is 1. The molecule has 1 saturated heterocycles. The van der Waals surface area contributed by atoms with Crippen LogP contribution in [0.2, 0.25) is 5.02 Å². The standard InChI is InChI=1S/C12H15ClN2OS/c1-8(9-4-2-3-5-10(9)13)15-12(16)11-6-17-7-14-11/h2-5,8,11,14H,6-7H2,1H3,(H,15,16)/t8-,11?/m1/s1. The fourth-order valence-electron chi connectivity index (χ4n) is 1.78. The Kier molecular flexibility index (Phi) is 4.31. The van der Waals surface area contributed by atoms with E-state index in [0.717, 1.165) is 17.2 Å². The van der Waals surface area contributed by atoms with Gasteiger partial charge in [-0.2, -0.15) is 0 Å². The quantitative estimate of drug-likeness (QED) is 0.885. The van der Waals surface area contributed by atoms with Crippen LogP contribution in [0.15, 0.2) is 24.3 Å². The summed E-state index contributed by atoms with van der Waals surface area (Å²) < 4.78 is 0. The molecule has 17 heavy (non-hydrogen) atoms. The summed E-state index contributed by atoms with van der Waals surface area (Å²) in [6.07, 6.45) is 0. The maximum absolute atomic E-state index is 11.9. The van der Waals surface area contributed by atoms with Gasteiger partial charge in [-0.15, -0.1) is 11.8 Å². The Morgan fingerprint density at radius 2 is 2.35 bits per heavy atom. The van der Waals surface area contributed by atoms with Gasteiger partial charge >= 0.3 is 0 Å². The van der Waals surface area contributed by atoms with Crippen LogP contribution in [0.4, 0.5) is 0 Å². The van der Waals surface area contributed by atoms with Crippen molar-refractivity contribution in [1.82, 2.24) is 10.6 Å². The highest BCUT2D eigenvalue weighted by Gasteiger charge is 2.24. The van der Waals surface area contributed by atoms with Crippen molar-refractivity contribution in [3.8, 4) is 0 Å². The molecular formula is C12H15ClN2OS. The van der Waals surface area contributed by atoms with E-state index in [0.29, 0.717) is 5.02 Å². The zero-order chi connectivity index (χ0) is 12.3. The van der Waals surface area contributed by atoms with Gasteiger partial charge in [0, 0.05) is 16.7 Å². The van der Waals surface area contributed by atoms with Gasteiger partial charge < -0.3 is 5.32 Å². The van der Waals surface area contributed by atoms with Gasteiger partial charge in [-0.1, -0.05) is 29.8 Å². The smallest absolute Gasteiger partial charge is 0.238 e. The minimum atomic E-state index is -0.0788. The Hall–Kier alpha value is -0.710. The highest BCUT2D eigenvalue weighted by Crippen LogP contribution is 2.22. The molecule has 1 unspecified atom stereocenters. The summed E-state index contributed by atoms with van der Waals surface area (Å²) in [5.74, 6) is 1.72. The van der Waals surface area contributed by atoms with E-state index < -0.39 is 0 Å². The van der Waals surface area contributed by atoms with Gasteiger partial charge in [0.1, 0.15) is 0 Å². The van der Waals surface area contributed by atoms with Gasteiger partial charge in [0.15, 0.2) is 0 Å². The lowest BCUT2D eigenvalue weighted by Gasteiger charge is -2.18. The number of nitrogens with one attached hydrogen (secondary N) is 2. The van der Waals surface area contributed by atoms with Crippen molar-refractivity contribution in [2.45, 2.75) is 19.0 Å². The molecule has 1 aliphatic rings. The van der Waals surface area contributed by atoms with Crippen LogP contribution in [0, 0.1) is 0 Å². The first-order chi connectivity index (χ1) is 8.18. The zero-order valence-corrected chi connectivity index (χ0v) is 11.1. The molecule has 1 heterocycles. The van der Waals surface area contributed by atoms with Gasteiger partial charge in [-0.05, 0) is 18.6 Å². The Morgan fingerprint density at radius 3 is 3.00 bits per heavy atom. The molecule has 0 bridgehead atoms. The van der Waals surface area contributed by atoms with Crippen molar-refractivity contribution in [3.63, 3.8) is 0 Å². The van der Waals surface area contributed by atoms with Crippen LogP contribution in [-0.2, 0) is 4.79 Å². The van der Waals surface area contributed by atoms with Crippen LogP contribution < -0.4 is 10.6 Å². The van der Waals surface area contributed by atoms with Gasteiger partial charge in [-0.3, -0.25) is 10.1 Å². The maximum atomic E-state index is 11.9. The van der Waals surface area contributed by atoms with E-state index in [1.54, 1.807) is 11.8 Å². The Bertz CT molecular complexity index is 407. The van der Waals surface area contributed by atoms with Crippen molar-refractivity contribution in [2.24, 2.45) is 0 Å². The van der Waals surface area contributed by atoms with Gasteiger partial charge in [0.05, 0.1) is 12.1 Å². The Morgan fingerprint density at radius 1 is 1.59 bits per heavy atom. The van der Waals surface area contributed by atoms with Crippen LogP contribution in [0.1, 0.15) is 18.5 Å². The lowest BCUT2D eigenvalue weighted by atomic mass is 10.1. The Labute approximate surface area is 110 Å². The molecule has 0 aromatic heterocycles. The fourth-order valence-corrected chi connectivity index (χ4v) is 3.02. The number of hydrogen-bond donors (Lipinski definition) is 2. The molecule has 2 N–H and O–H groups in total. The average Bonchev–Trinajstić information content (AvgIpc) is 2.82. The molecule has 1 amide bonds. The van der Waals surface area contributed by atoms with Crippen LogP contribution in [0.3, 0.4) is 0 Å². The average molecular weight is 271 g/mol. The zero-order valence-electron chi connectivity index (χ0n) is 9.57. The number of rotatable bonds is 3. The molecule has 2 atom stereocenters. The summed E-state index contributed by atoms with van der Waals surface area (Å²) in [7, 11) is 0. The minimum Gasteiger partial charge on any atom is -0.348 e. The molecule has 2 rings (SSSR count). The van der Waals surface area contributed by atoms with Crippen molar-refractivity contribution < 1.29 is 4.79 Å². The summed E-state index contributed by atoms with van der Waals surface area (Å²) in [5.41, 5.74) is 0.952. The number of amides is 1. The molecule has 3 nitrogen and oxygen atoms in total. The van der Waals surface area contributed by atoms with E-state index in [9.17, 15) is 4.79 Å². The van der Waals surface area contributed by atoms with E-state index in [1.807, 2.05) is 31.2 Å². The van der Waals surface area contributed by atoms with E-state index in [2.05, 4.69) is 10.6 Å². The lowest BCUT2D eigenvalue weighted by molar-refractivity contribution is -0.123. The van der Waals surface area contributed by atoms with Crippen LogP contribution in [-0.4, -0.2) is 23.6 Å². The predicted octanol–water partition coefficient (Wildman–Crippen LogP) is 2.18. The van der Waals surface area contributed by atoms with Crippen molar-refractivity contribution >= 4 is 29.3 Å². The molecule has 0 aliphatic carbocycles. The monoisotopic (exact) mass is 270 g/mol. The van der Waals surface area contributed by atoms with Crippen molar-refractivity contribution in [2.75, 3.05) is 11.6 Å². The topological polar surface area (TPSA) is 41.1 Å². The largest absolute Gasteiger partial charge is 0.348 e. The van der Waals surface area contributed by atoms with Gasteiger partial charge in [-0.25, -0.2) is 0 Å². The molecule has 92 valence electrons. The van der Waals surface area contributed by atoms with Gasteiger partial charge in [0.2, 0.25) is 5.91 Å². The van der Waals surface area contributed by atoms with Crippen LogP contribution in [0.5, 0.6) is 0 Å². The number of carbonyl (C=O) groups is 1. The Balaban J connectivity index is 1.99. The maximum Gasteiger partial charge on any atom is 0.238 e. The fraction of sp³-hybridized carbons (Fsp3) is 0.417. The van der Waals surface area contributed by atoms with Crippen molar-refractivity contribution in [1.29, 1.82) is 0 Å². The second kappa shape index (κ2) is 5.76. The normalized spacial score (nSPS) is 21.2. The first kappa shape index (κ1) is 12.7. The molecule has 1 aromatic carbocycles. The van der Waals surface area contributed by atoms with Crippen molar-refractivity contribution in [3.05, 3.63) is 34.9 Å². The number of carbonyl (C=O) groups excluding carboxylic acids is 1. The van der Waals surface area contributed by atoms with Crippen LogP contribution >= 0.6 is 23.4 Å². The first-order valence-electron chi connectivity index (χ1n) is 5.54. The highest BCUT2D eigenvalue weighted by atomic mass is 35.5. The van der Waals surface area contributed by atoms with E-state index in [1.165, 1.54) is 0 Å². The number of thioether (sulfide) groups is 1. The summed E-state index contributed by atoms with van der Waals surface area (Å²) in [6.45, 7) is 1.95. The third kappa shape index (κ3) is 3.15. The summed E-state index contributed by atoms with van der Waals surface area (Å²) >= 11 is 7.83. The third-order valence-corrected chi connectivity index (χ3v) is 4.05. The lowest BCUT2D eigenvalue weighted by Crippen LogP contribution is -2.42. The summed E-state index contributed by atoms with van der Waals surface area (Å²) in [6, 6.07) is 7.43. The minimum absolute atomic E-state index is 0.0439. The SMILES string of the molecule is C[C@@H](NC(=O)C1CSCN1)c1ccccc1Cl. The van der Waals surface area contributed by atoms with Gasteiger partial charge in [0.25, 0.3) is 0 Å². The molecule has 1 fully saturated rings. The van der Waals surface area contributed by atoms with Crippen LogP contribution in [0.25, 0.3) is 0 Å². The second-order valence-electron chi connectivity index (χ2n) is 4.02. The molecular weight excluding hydrogens is 256 g/mol. The summed E-state index contributed by atoms with van der Waals surface area (Å²) in [4.78, 5) is 11.9. The highest BCUT2D eigenvalue weighted by molar-refractivity contribution is 7.99. The number of hydrogen-bond acceptors (Lipinski definition) is 3. The predicted molar refractivity (Wildman–Crippen MR) is 72.3 cm³/mol. The number of halogens is 1. The first-order valence-corrected chi connectivity index (χ1v) is 7.07. The summed E-state index contributed by atoms with van der Waals surface area (Å²) in [5, 5.41) is 6.81. The third-order valence-electron chi connectivity index (χ3n) is 2.76. The second-order valence-corrected chi connectivity index (χ2v) is 5.46. The van der Waals surface area contributed by atoms with E-state index >= 15 is 0 Å². The van der Waals surface area contributed by atoms with E-state index in [4.69, 9.17) is 11.6 Å². The molecule has 1 aromatic rings. The van der Waals surface area contributed by atoms with E-state index in [-0.39, 0.29) is 18.0 Å².